The summed E-state index contributed by atoms with van der Waals surface area (Å²) in [5.41, 5.74) is 4.06. The number of aromatic nitrogens is 6. The van der Waals surface area contributed by atoms with Gasteiger partial charge < -0.3 is 0 Å². The molecule has 9 heteroatoms. The summed E-state index contributed by atoms with van der Waals surface area (Å²) in [5.74, 6) is 0.388. The van der Waals surface area contributed by atoms with Crippen LogP contribution in [0.3, 0.4) is 0 Å². The molecule has 0 spiro atoms. The first-order valence-corrected chi connectivity index (χ1v) is 11.2. The summed E-state index contributed by atoms with van der Waals surface area (Å²) in [6, 6.07) is 14.9. The van der Waals surface area contributed by atoms with Crippen molar-refractivity contribution in [2.45, 2.75) is 31.2 Å². The Bertz CT molecular complexity index is 1570. The fourth-order valence-electron chi connectivity index (χ4n) is 3.66. The summed E-state index contributed by atoms with van der Waals surface area (Å²) in [6.45, 7) is 3.96. The molecule has 0 radical (unpaired) electrons. The Morgan fingerprint density at radius 2 is 1.88 bits per heavy atom. The second-order valence-corrected chi connectivity index (χ2v) is 8.36. The van der Waals surface area contributed by atoms with Gasteiger partial charge in [0, 0.05) is 17.5 Å². The molecule has 0 saturated carbocycles. The average Bonchev–Trinajstić information content (AvgIpc) is 3.27. The van der Waals surface area contributed by atoms with Gasteiger partial charge in [0.15, 0.2) is 10.8 Å². The van der Waals surface area contributed by atoms with E-state index in [1.807, 2.05) is 49.4 Å². The molecule has 0 fully saturated rings. The number of thioether (sulfide) groups is 1. The monoisotopic (exact) mass is 444 g/mol. The molecule has 5 rings (SSSR count). The van der Waals surface area contributed by atoms with Crippen LogP contribution < -0.4 is 11.1 Å². The lowest BCUT2D eigenvalue weighted by molar-refractivity contribution is 0.814. The van der Waals surface area contributed by atoms with Gasteiger partial charge in [-0.15, -0.1) is 0 Å². The lowest BCUT2D eigenvalue weighted by Gasteiger charge is -2.12. The molecule has 1 aromatic carbocycles. The highest BCUT2D eigenvalue weighted by Crippen LogP contribution is 2.24. The number of rotatable bonds is 5. The molecule has 4 aromatic heterocycles. The Hall–Kier alpha value is -3.72. The first-order chi connectivity index (χ1) is 15.5. The van der Waals surface area contributed by atoms with Gasteiger partial charge in [-0.2, -0.15) is 5.10 Å². The van der Waals surface area contributed by atoms with Gasteiger partial charge in [0.05, 0.1) is 17.6 Å². The molecule has 0 bridgehead atoms. The Labute approximate surface area is 187 Å². The van der Waals surface area contributed by atoms with Gasteiger partial charge in [0.25, 0.3) is 11.1 Å². The number of hydrogen-bond donors (Lipinski definition) is 1. The molecule has 0 saturated heterocycles. The molecule has 0 aliphatic carbocycles. The molecule has 5 aromatic rings. The minimum Gasteiger partial charge on any atom is -0.269 e. The zero-order valence-electron chi connectivity index (χ0n) is 17.6. The van der Waals surface area contributed by atoms with Crippen molar-refractivity contribution in [3.63, 3.8) is 0 Å². The fraction of sp³-hybridized carbons (Fsp3) is 0.174. The molecule has 1 N–H and O–H groups in total. The topological polar surface area (TPSA) is 97.9 Å². The third-order valence-electron chi connectivity index (χ3n) is 5.34. The molecule has 0 unspecified atom stereocenters. The number of aryl methyl sites for hydroxylation is 2. The molecule has 0 atom stereocenters. The fourth-order valence-corrected chi connectivity index (χ4v) is 4.55. The number of hydrogen-bond acceptors (Lipinski definition) is 6. The summed E-state index contributed by atoms with van der Waals surface area (Å²) in [7, 11) is 0. The third kappa shape index (κ3) is 3.50. The van der Waals surface area contributed by atoms with Crippen LogP contribution in [0, 0.1) is 6.92 Å². The Kier molecular flexibility index (Phi) is 5.10. The summed E-state index contributed by atoms with van der Waals surface area (Å²) in [5, 5.41) is 7.67. The van der Waals surface area contributed by atoms with E-state index in [-0.39, 0.29) is 11.1 Å². The van der Waals surface area contributed by atoms with Crippen molar-refractivity contribution in [1.82, 2.24) is 29.1 Å². The van der Waals surface area contributed by atoms with Crippen LogP contribution in [-0.4, -0.2) is 29.1 Å². The quantitative estimate of drug-likeness (QED) is 0.330. The van der Waals surface area contributed by atoms with E-state index in [1.165, 1.54) is 29.6 Å². The minimum atomic E-state index is -0.197. The average molecular weight is 445 g/mol. The summed E-state index contributed by atoms with van der Waals surface area (Å²) < 4.78 is 3.16. The van der Waals surface area contributed by atoms with Crippen LogP contribution in [0.25, 0.3) is 22.4 Å². The van der Waals surface area contributed by atoms with Crippen molar-refractivity contribution in [2.24, 2.45) is 0 Å². The molecule has 32 heavy (non-hydrogen) atoms. The Morgan fingerprint density at radius 1 is 1.06 bits per heavy atom. The number of pyridine rings is 1. The normalized spacial score (nSPS) is 11.4. The molecule has 0 aliphatic rings. The molecule has 8 nitrogen and oxygen atoms in total. The zero-order chi connectivity index (χ0) is 22.2. The maximum absolute atomic E-state index is 13.2. The van der Waals surface area contributed by atoms with Gasteiger partial charge in [0.2, 0.25) is 0 Å². The second-order valence-electron chi connectivity index (χ2n) is 7.42. The van der Waals surface area contributed by atoms with E-state index in [2.05, 4.69) is 27.1 Å². The van der Waals surface area contributed by atoms with Crippen LogP contribution in [-0.2, 0) is 12.2 Å². The lowest BCUT2D eigenvalue weighted by Crippen LogP contribution is -2.21. The Balaban J connectivity index is 1.57. The molecule has 0 amide bonds. The number of aromatic amines is 1. The first-order valence-electron chi connectivity index (χ1n) is 10.2. The van der Waals surface area contributed by atoms with Crippen LogP contribution >= 0.6 is 11.8 Å². The second kappa shape index (κ2) is 8.08. The number of benzene rings is 1. The maximum Gasteiger partial charge on any atom is 0.269 e. The van der Waals surface area contributed by atoms with E-state index in [1.54, 1.807) is 8.97 Å². The highest BCUT2D eigenvalue weighted by atomic mass is 32.2. The van der Waals surface area contributed by atoms with Crippen molar-refractivity contribution >= 4 is 28.4 Å². The predicted molar refractivity (Wildman–Crippen MR) is 125 cm³/mol. The number of nitrogens with zero attached hydrogens (tertiary/aromatic N) is 5. The molecule has 4 heterocycles. The van der Waals surface area contributed by atoms with E-state index >= 15 is 0 Å². The van der Waals surface area contributed by atoms with Crippen molar-refractivity contribution in [3.05, 3.63) is 92.4 Å². The molecule has 0 aliphatic heterocycles. The maximum atomic E-state index is 13.2. The van der Waals surface area contributed by atoms with Crippen molar-refractivity contribution < 1.29 is 0 Å². The van der Waals surface area contributed by atoms with Gasteiger partial charge >= 0.3 is 0 Å². The third-order valence-corrected chi connectivity index (χ3v) is 6.31. The van der Waals surface area contributed by atoms with E-state index in [0.29, 0.717) is 33.3 Å². The van der Waals surface area contributed by atoms with Gasteiger partial charge in [-0.3, -0.25) is 23.7 Å². The van der Waals surface area contributed by atoms with Crippen LogP contribution in [0.2, 0.25) is 0 Å². The number of nitrogens with one attached hydrogen (secondary N) is 1. The SMILES string of the molecule is CCc1ccc(-n2c(SCc3cc(=O)n4c(C)cccc4n3)nc3[nH]ncc3c2=O)cc1. The minimum absolute atomic E-state index is 0.131. The lowest BCUT2D eigenvalue weighted by atomic mass is 10.1. The van der Waals surface area contributed by atoms with Gasteiger partial charge in [-0.1, -0.05) is 36.9 Å². The number of H-pyrrole nitrogens is 1. The highest BCUT2D eigenvalue weighted by molar-refractivity contribution is 7.98. The van der Waals surface area contributed by atoms with Crippen molar-refractivity contribution in [3.8, 4) is 5.69 Å². The standard InChI is InChI=1S/C23H20N6O2S/c1-3-15-7-9-17(10-8-15)29-22(31)18-12-24-27-21(18)26-23(29)32-13-16-11-20(30)28-14(2)5-4-6-19(28)25-16/h4-12H,3,13H2,1-2H3,(H,24,27). The smallest absolute Gasteiger partial charge is 0.269 e. The van der Waals surface area contributed by atoms with E-state index in [9.17, 15) is 9.59 Å². The van der Waals surface area contributed by atoms with Gasteiger partial charge in [0.1, 0.15) is 11.0 Å². The zero-order valence-corrected chi connectivity index (χ0v) is 18.4. The molecular weight excluding hydrogens is 424 g/mol. The molecular formula is C23H20N6O2S. The van der Waals surface area contributed by atoms with Gasteiger partial charge in [-0.25, -0.2) is 9.97 Å². The van der Waals surface area contributed by atoms with Crippen LogP contribution in [0.15, 0.2) is 69.5 Å². The van der Waals surface area contributed by atoms with E-state index in [4.69, 9.17) is 0 Å². The largest absolute Gasteiger partial charge is 0.269 e. The van der Waals surface area contributed by atoms with E-state index < -0.39 is 0 Å². The molecule has 160 valence electrons. The number of fused-ring (bicyclic) bond motifs is 2. The summed E-state index contributed by atoms with van der Waals surface area (Å²) in [6.07, 6.45) is 2.41. The highest BCUT2D eigenvalue weighted by Gasteiger charge is 2.15. The first kappa shape index (κ1) is 20.2. The summed E-state index contributed by atoms with van der Waals surface area (Å²) >= 11 is 1.35. The van der Waals surface area contributed by atoms with Crippen LogP contribution in [0.4, 0.5) is 0 Å². The Morgan fingerprint density at radius 3 is 2.66 bits per heavy atom. The van der Waals surface area contributed by atoms with Crippen LogP contribution in [0.1, 0.15) is 23.9 Å². The van der Waals surface area contributed by atoms with Crippen molar-refractivity contribution in [2.75, 3.05) is 0 Å². The van der Waals surface area contributed by atoms with Gasteiger partial charge in [-0.05, 0) is 43.2 Å². The van der Waals surface area contributed by atoms with E-state index in [0.717, 1.165) is 17.8 Å². The summed E-state index contributed by atoms with van der Waals surface area (Å²) in [4.78, 5) is 35.1. The van der Waals surface area contributed by atoms with Crippen LogP contribution in [0.5, 0.6) is 0 Å². The predicted octanol–water partition coefficient (Wildman–Crippen LogP) is 3.28. The van der Waals surface area contributed by atoms with Crippen molar-refractivity contribution in [1.29, 1.82) is 0 Å².